The molecule has 0 aliphatic carbocycles. The number of carbonyl (C=O) groups is 1. The topological polar surface area (TPSA) is 55.8 Å². The van der Waals surface area contributed by atoms with Crippen LogP contribution in [0.4, 0.5) is 0 Å². The maximum atomic E-state index is 10.5. The Kier molecular flexibility index (Phi) is 6.26. The van der Waals surface area contributed by atoms with E-state index < -0.39 is 5.97 Å². The maximum absolute atomic E-state index is 10.5. The zero-order valence-corrected chi connectivity index (χ0v) is 14.7. The molecule has 27 heavy (non-hydrogen) atoms. The molecule has 3 aromatic carbocycles. The maximum Gasteiger partial charge on any atom is 0.328 e. The first kappa shape index (κ1) is 18.3. The summed E-state index contributed by atoms with van der Waals surface area (Å²) in [4.78, 5) is 10.5. The quantitative estimate of drug-likeness (QED) is 0.458. The number of rotatable bonds is 8. The molecule has 3 aromatic rings. The second-order valence-electron chi connectivity index (χ2n) is 5.80. The van der Waals surface area contributed by atoms with E-state index in [9.17, 15) is 4.79 Å². The molecule has 0 heterocycles. The zero-order valence-electron chi connectivity index (χ0n) is 14.7. The smallest absolute Gasteiger partial charge is 0.328 e. The highest BCUT2D eigenvalue weighted by atomic mass is 16.5. The average Bonchev–Trinajstić information content (AvgIpc) is 2.71. The summed E-state index contributed by atoms with van der Waals surface area (Å²) in [5.74, 6) is 0.562. The number of benzene rings is 3. The van der Waals surface area contributed by atoms with Gasteiger partial charge in [0.15, 0.2) is 0 Å². The van der Waals surface area contributed by atoms with E-state index in [1.807, 2.05) is 42.5 Å². The predicted molar refractivity (Wildman–Crippen MR) is 106 cm³/mol. The van der Waals surface area contributed by atoms with E-state index in [1.54, 1.807) is 24.3 Å². The summed E-state index contributed by atoms with van der Waals surface area (Å²) in [5, 5.41) is 8.63. The van der Waals surface area contributed by atoms with Crippen LogP contribution in [0.3, 0.4) is 0 Å². The van der Waals surface area contributed by atoms with Crippen molar-refractivity contribution in [3.05, 3.63) is 90.5 Å². The van der Waals surface area contributed by atoms with Crippen molar-refractivity contribution in [3.8, 4) is 22.6 Å². The second-order valence-corrected chi connectivity index (χ2v) is 5.80. The van der Waals surface area contributed by atoms with Gasteiger partial charge < -0.3 is 14.6 Å². The van der Waals surface area contributed by atoms with Crippen molar-refractivity contribution in [3.63, 3.8) is 0 Å². The number of ether oxygens (including phenoxy) is 2. The lowest BCUT2D eigenvalue weighted by molar-refractivity contribution is -0.131. The Hall–Kier alpha value is -3.53. The molecule has 136 valence electrons. The van der Waals surface area contributed by atoms with Crippen molar-refractivity contribution in [2.24, 2.45) is 0 Å². The first-order chi connectivity index (χ1) is 13.2. The van der Waals surface area contributed by atoms with E-state index in [4.69, 9.17) is 14.6 Å². The first-order valence-electron chi connectivity index (χ1n) is 8.63. The molecule has 0 unspecified atom stereocenters. The van der Waals surface area contributed by atoms with Crippen LogP contribution in [-0.4, -0.2) is 24.3 Å². The number of hydrogen-bond acceptors (Lipinski definition) is 3. The van der Waals surface area contributed by atoms with Crippen LogP contribution in [0.5, 0.6) is 11.5 Å². The number of carboxylic acids is 1. The van der Waals surface area contributed by atoms with Crippen LogP contribution in [0, 0.1) is 0 Å². The number of carboxylic acid groups (broad SMARTS) is 1. The van der Waals surface area contributed by atoms with Crippen LogP contribution in [0.2, 0.25) is 0 Å². The largest absolute Gasteiger partial charge is 0.490 e. The standard InChI is InChI=1S/C23H20O4/c24-23(25)15-12-18-10-13-20(14-11-18)26-16-17-27-22-9-5-4-8-21(22)19-6-2-1-3-7-19/h1-15H,16-17H2,(H,24,25). The summed E-state index contributed by atoms with van der Waals surface area (Å²) in [7, 11) is 0. The number of hydrogen-bond donors (Lipinski definition) is 1. The Bertz CT molecular complexity index is 899. The van der Waals surface area contributed by atoms with Crippen molar-refractivity contribution in [1.29, 1.82) is 0 Å². The molecule has 0 fully saturated rings. The molecule has 0 aromatic heterocycles. The molecule has 0 radical (unpaired) electrons. The molecule has 0 amide bonds. The van der Waals surface area contributed by atoms with E-state index in [0.29, 0.717) is 19.0 Å². The Balaban J connectivity index is 1.53. The fourth-order valence-electron chi connectivity index (χ4n) is 2.60. The highest BCUT2D eigenvalue weighted by Crippen LogP contribution is 2.29. The van der Waals surface area contributed by atoms with Gasteiger partial charge in [0.2, 0.25) is 0 Å². The van der Waals surface area contributed by atoms with Crippen LogP contribution < -0.4 is 9.47 Å². The van der Waals surface area contributed by atoms with Gasteiger partial charge in [-0.2, -0.15) is 0 Å². The number of para-hydroxylation sites is 1. The van der Waals surface area contributed by atoms with Crippen LogP contribution in [0.15, 0.2) is 84.9 Å². The zero-order chi connectivity index (χ0) is 18.9. The van der Waals surface area contributed by atoms with Gasteiger partial charge in [-0.15, -0.1) is 0 Å². The van der Waals surface area contributed by atoms with Crippen molar-refractivity contribution in [2.45, 2.75) is 0 Å². The molecular formula is C23H20O4. The highest BCUT2D eigenvalue weighted by molar-refractivity contribution is 5.85. The van der Waals surface area contributed by atoms with E-state index in [2.05, 4.69) is 12.1 Å². The summed E-state index contributed by atoms with van der Waals surface area (Å²) in [5.41, 5.74) is 2.96. The third-order valence-electron chi connectivity index (χ3n) is 3.88. The first-order valence-corrected chi connectivity index (χ1v) is 8.63. The van der Waals surface area contributed by atoms with Crippen molar-refractivity contribution in [2.75, 3.05) is 13.2 Å². The van der Waals surface area contributed by atoms with Crippen molar-refractivity contribution < 1.29 is 19.4 Å². The van der Waals surface area contributed by atoms with Gasteiger partial charge in [-0.3, -0.25) is 0 Å². The molecule has 0 aliphatic rings. The van der Waals surface area contributed by atoms with Crippen LogP contribution in [0.25, 0.3) is 17.2 Å². The minimum Gasteiger partial charge on any atom is -0.490 e. The minimum absolute atomic E-state index is 0.410. The third kappa shape index (κ3) is 5.47. The lowest BCUT2D eigenvalue weighted by Gasteiger charge is -2.12. The van der Waals surface area contributed by atoms with Gasteiger partial charge in [0, 0.05) is 11.6 Å². The highest BCUT2D eigenvalue weighted by Gasteiger charge is 2.05. The average molecular weight is 360 g/mol. The molecule has 0 saturated carbocycles. The monoisotopic (exact) mass is 360 g/mol. The van der Waals surface area contributed by atoms with E-state index in [1.165, 1.54) is 6.08 Å². The van der Waals surface area contributed by atoms with Gasteiger partial charge in [0.25, 0.3) is 0 Å². The number of aliphatic carboxylic acids is 1. The Labute approximate surface area is 158 Å². The Morgan fingerprint density at radius 1 is 0.815 bits per heavy atom. The summed E-state index contributed by atoms with van der Waals surface area (Å²) in [6, 6.07) is 25.3. The summed E-state index contributed by atoms with van der Waals surface area (Å²) >= 11 is 0. The molecule has 0 atom stereocenters. The lowest BCUT2D eigenvalue weighted by atomic mass is 10.1. The molecule has 1 N–H and O–H groups in total. The van der Waals surface area contributed by atoms with E-state index in [0.717, 1.165) is 28.5 Å². The van der Waals surface area contributed by atoms with Gasteiger partial charge >= 0.3 is 5.97 Å². The minimum atomic E-state index is -0.969. The second kappa shape index (κ2) is 9.25. The summed E-state index contributed by atoms with van der Waals surface area (Å²) in [6.45, 7) is 0.831. The lowest BCUT2D eigenvalue weighted by Crippen LogP contribution is -2.09. The molecule has 4 heteroatoms. The van der Waals surface area contributed by atoms with Crippen molar-refractivity contribution in [1.82, 2.24) is 0 Å². The molecule has 0 bridgehead atoms. The Morgan fingerprint density at radius 3 is 2.22 bits per heavy atom. The van der Waals surface area contributed by atoms with Gasteiger partial charge in [-0.1, -0.05) is 60.7 Å². The SMILES string of the molecule is O=C(O)C=Cc1ccc(OCCOc2ccccc2-c2ccccc2)cc1. The van der Waals surface area contributed by atoms with Gasteiger partial charge in [0.1, 0.15) is 24.7 Å². The normalized spacial score (nSPS) is 10.7. The van der Waals surface area contributed by atoms with Crippen molar-refractivity contribution >= 4 is 12.0 Å². The Morgan fingerprint density at radius 2 is 1.48 bits per heavy atom. The van der Waals surface area contributed by atoms with Gasteiger partial charge in [-0.25, -0.2) is 4.79 Å². The fourth-order valence-corrected chi connectivity index (χ4v) is 2.60. The molecule has 3 rings (SSSR count). The molecule has 4 nitrogen and oxygen atoms in total. The molecule has 0 aliphatic heterocycles. The molecule has 0 spiro atoms. The molecule has 0 saturated heterocycles. The van der Waals surface area contributed by atoms with Crippen LogP contribution >= 0.6 is 0 Å². The van der Waals surface area contributed by atoms with Gasteiger partial charge in [0.05, 0.1) is 0 Å². The summed E-state index contributed by atoms with van der Waals surface area (Å²) in [6.07, 6.45) is 2.64. The van der Waals surface area contributed by atoms with Crippen LogP contribution in [0.1, 0.15) is 5.56 Å². The summed E-state index contributed by atoms with van der Waals surface area (Å²) < 4.78 is 11.6. The third-order valence-corrected chi connectivity index (χ3v) is 3.88. The fraction of sp³-hybridized carbons (Fsp3) is 0.0870. The molecular weight excluding hydrogens is 340 g/mol. The van der Waals surface area contributed by atoms with E-state index >= 15 is 0 Å². The predicted octanol–water partition coefficient (Wildman–Crippen LogP) is 4.91. The van der Waals surface area contributed by atoms with Crippen LogP contribution in [-0.2, 0) is 4.79 Å². The van der Waals surface area contributed by atoms with Gasteiger partial charge in [-0.05, 0) is 35.4 Å². The van der Waals surface area contributed by atoms with E-state index in [-0.39, 0.29) is 0 Å².